The highest BCUT2D eigenvalue weighted by Gasteiger charge is 2.40. The van der Waals surface area contributed by atoms with Crippen LogP contribution in [0.3, 0.4) is 0 Å². The quantitative estimate of drug-likeness (QED) is 0.0905. The van der Waals surface area contributed by atoms with Crippen LogP contribution in [-0.2, 0) is 14.3 Å². The lowest BCUT2D eigenvalue weighted by molar-refractivity contribution is -0.115. The van der Waals surface area contributed by atoms with Gasteiger partial charge in [0.05, 0.1) is 42.7 Å². The summed E-state index contributed by atoms with van der Waals surface area (Å²) in [6.45, 7) is 2.20. The van der Waals surface area contributed by atoms with Crippen molar-refractivity contribution in [3.8, 4) is 0 Å². The molecule has 2 fully saturated rings. The van der Waals surface area contributed by atoms with Crippen molar-refractivity contribution in [1.82, 2.24) is 0 Å². The molecule has 0 amide bonds. The lowest BCUT2D eigenvalue weighted by Gasteiger charge is -2.24. The summed E-state index contributed by atoms with van der Waals surface area (Å²) < 4.78 is 12.5. The van der Waals surface area contributed by atoms with E-state index in [0.717, 1.165) is 95.5 Å². The Morgan fingerprint density at radius 3 is 1.70 bits per heavy atom. The second-order valence-electron chi connectivity index (χ2n) is 13.9. The van der Waals surface area contributed by atoms with Crippen molar-refractivity contribution in [3.63, 3.8) is 0 Å². The Bertz CT molecular complexity index is 768. The standard InChI is InChI=1S/C37H66O6/c1-2-3-4-14-20-30(38)21-17-24-33(41)35-26-28-37(43-35)36-27-25-34(42-36)32(40)22-15-12-10-8-6-5-7-9-11-13-18-29-19-16-23-31(29)39/h19,30,32-38,40-41H,2-18,20-28H2,1H3/t30-,32-,33?,34?,35?,36?,37?/m1/s1. The van der Waals surface area contributed by atoms with Gasteiger partial charge in [-0.25, -0.2) is 0 Å². The number of Topliss-reactive ketones (excluding diaryl/α,β-unsaturated/α-hetero) is 1. The Hall–Kier alpha value is -0.790. The van der Waals surface area contributed by atoms with Crippen LogP contribution in [-0.4, -0.2) is 63.8 Å². The molecule has 0 aromatic carbocycles. The van der Waals surface area contributed by atoms with Gasteiger partial charge in [0, 0.05) is 6.42 Å². The van der Waals surface area contributed by atoms with Crippen LogP contribution >= 0.6 is 0 Å². The van der Waals surface area contributed by atoms with Crippen LogP contribution in [0.15, 0.2) is 11.6 Å². The summed E-state index contributed by atoms with van der Waals surface area (Å²) in [6, 6.07) is 0. The lowest BCUT2D eigenvalue weighted by Crippen LogP contribution is -2.33. The first kappa shape index (κ1) is 36.7. The van der Waals surface area contributed by atoms with Gasteiger partial charge in [0.2, 0.25) is 0 Å². The highest BCUT2D eigenvalue weighted by atomic mass is 16.6. The summed E-state index contributed by atoms with van der Waals surface area (Å²) in [7, 11) is 0. The van der Waals surface area contributed by atoms with Gasteiger partial charge in [-0.15, -0.1) is 0 Å². The molecule has 6 heteroatoms. The molecule has 7 atom stereocenters. The van der Waals surface area contributed by atoms with E-state index < -0.39 is 12.2 Å². The average Bonchev–Trinajstić information content (AvgIpc) is 3.77. The van der Waals surface area contributed by atoms with Crippen LogP contribution < -0.4 is 0 Å². The third-order valence-electron chi connectivity index (χ3n) is 10.2. The van der Waals surface area contributed by atoms with Crippen LogP contribution in [0, 0.1) is 0 Å². The number of hydrogen-bond donors (Lipinski definition) is 3. The molecule has 0 saturated carbocycles. The number of ketones is 1. The zero-order valence-electron chi connectivity index (χ0n) is 27.6. The molecule has 0 bridgehead atoms. The smallest absolute Gasteiger partial charge is 0.158 e. The third-order valence-corrected chi connectivity index (χ3v) is 10.2. The number of aliphatic hydroxyl groups excluding tert-OH is 3. The molecule has 2 saturated heterocycles. The van der Waals surface area contributed by atoms with Gasteiger partial charge in [-0.05, 0) is 82.6 Å². The fraction of sp³-hybridized carbons (Fsp3) is 0.919. The molecule has 0 radical (unpaired) electrons. The monoisotopic (exact) mass is 606 g/mol. The Kier molecular flexibility index (Phi) is 18.6. The van der Waals surface area contributed by atoms with Crippen LogP contribution in [0.5, 0.6) is 0 Å². The molecule has 250 valence electrons. The molecule has 1 aliphatic carbocycles. The molecule has 2 aliphatic heterocycles. The van der Waals surface area contributed by atoms with Crippen LogP contribution in [0.2, 0.25) is 0 Å². The van der Waals surface area contributed by atoms with E-state index in [9.17, 15) is 20.1 Å². The van der Waals surface area contributed by atoms with Crippen molar-refractivity contribution in [2.75, 3.05) is 0 Å². The number of carbonyl (C=O) groups is 1. The van der Waals surface area contributed by atoms with Crippen molar-refractivity contribution in [3.05, 3.63) is 11.6 Å². The molecule has 3 rings (SSSR count). The number of rotatable bonds is 25. The highest BCUT2D eigenvalue weighted by Crippen LogP contribution is 2.34. The number of unbranched alkanes of at least 4 members (excludes halogenated alkanes) is 12. The maximum absolute atomic E-state index is 11.6. The van der Waals surface area contributed by atoms with Crippen molar-refractivity contribution in [1.29, 1.82) is 0 Å². The van der Waals surface area contributed by atoms with Crippen LogP contribution in [0.25, 0.3) is 0 Å². The van der Waals surface area contributed by atoms with E-state index in [-0.39, 0.29) is 30.5 Å². The topological polar surface area (TPSA) is 96.2 Å². The van der Waals surface area contributed by atoms with Crippen molar-refractivity contribution in [2.45, 2.75) is 217 Å². The fourth-order valence-electron chi connectivity index (χ4n) is 7.35. The van der Waals surface area contributed by atoms with E-state index in [1.165, 1.54) is 70.6 Å². The van der Waals surface area contributed by atoms with E-state index in [1.807, 2.05) is 0 Å². The molecule has 0 spiro atoms. The molecule has 2 heterocycles. The maximum atomic E-state index is 11.6. The Morgan fingerprint density at radius 1 is 0.651 bits per heavy atom. The first-order chi connectivity index (χ1) is 21.0. The molecule has 0 aromatic rings. The summed E-state index contributed by atoms with van der Waals surface area (Å²) in [6.07, 6.45) is 28.2. The van der Waals surface area contributed by atoms with Gasteiger partial charge in [-0.3, -0.25) is 4.79 Å². The second kappa shape index (κ2) is 21.9. The Labute approximate surface area is 263 Å². The van der Waals surface area contributed by atoms with Crippen molar-refractivity contribution < 1.29 is 29.6 Å². The number of carbonyl (C=O) groups excluding carboxylic acids is 1. The van der Waals surface area contributed by atoms with Gasteiger partial charge >= 0.3 is 0 Å². The minimum Gasteiger partial charge on any atom is -0.393 e. The number of hydrogen-bond acceptors (Lipinski definition) is 6. The van der Waals surface area contributed by atoms with E-state index in [0.29, 0.717) is 12.2 Å². The molecule has 6 nitrogen and oxygen atoms in total. The number of aliphatic hydroxyl groups is 3. The van der Waals surface area contributed by atoms with Crippen LogP contribution in [0.4, 0.5) is 0 Å². The summed E-state index contributed by atoms with van der Waals surface area (Å²) in [5, 5.41) is 31.6. The van der Waals surface area contributed by atoms with Gasteiger partial charge in [0.1, 0.15) is 0 Å². The summed E-state index contributed by atoms with van der Waals surface area (Å²) in [5.41, 5.74) is 1.09. The van der Waals surface area contributed by atoms with Gasteiger partial charge < -0.3 is 24.8 Å². The zero-order valence-corrected chi connectivity index (χ0v) is 27.6. The highest BCUT2D eigenvalue weighted by molar-refractivity contribution is 5.97. The molecule has 5 unspecified atom stereocenters. The predicted molar refractivity (Wildman–Crippen MR) is 174 cm³/mol. The number of ether oxygens (including phenoxy) is 2. The lowest BCUT2D eigenvalue weighted by atomic mass is 9.99. The molecule has 43 heavy (non-hydrogen) atoms. The van der Waals surface area contributed by atoms with Gasteiger partial charge in [-0.1, -0.05) is 96.5 Å². The minimum atomic E-state index is -0.475. The largest absolute Gasteiger partial charge is 0.393 e. The van der Waals surface area contributed by atoms with Crippen LogP contribution in [0.1, 0.15) is 174 Å². The Balaban J connectivity index is 1.13. The first-order valence-corrected chi connectivity index (χ1v) is 18.5. The fourth-order valence-corrected chi connectivity index (χ4v) is 7.35. The van der Waals surface area contributed by atoms with E-state index >= 15 is 0 Å². The normalized spacial score (nSPS) is 26.2. The SMILES string of the molecule is CCCCCC[C@@H](O)CCCC(O)C1CCC(C2CCC([C@H](O)CCCCCCCCCCCCC3=CCCC3=O)O2)O1. The van der Waals surface area contributed by atoms with Gasteiger partial charge in [0.15, 0.2) is 5.78 Å². The van der Waals surface area contributed by atoms with E-state index in [2.05, 4.69) is 13.0 Å². The molecule has 3 aliphatic rings. The van der Waals surface area contributed by atoms with Gasteiger partial charge in [-0.2, -0.15) is 0 Å². The Morgan fingerprint density at radius 2 is 1.14 bits per heavy atom. The second-order valence-corrected chi connectivity index (χ2v) is 13.9. The zero-order chi connectivity index (χ0) is 30.7. The maximum Gasteiger partial charge on any atom is 0.158 e. The summed E-state index contributed by atoms with van der Waals surface area (Å²) in [5.74, 6) is 0.379. The summed E-state index contributed by atoms with van der Waals surface area (Å²) in [4.78, 5) is 11.6. The molecule has 0 aromatic heterocycles. The predicted octanol–water partition coefficient (Wildman–Crippen LogP) is 8.28. The third kappa shape index (κ3) is 14.5. The van der Waals surface area contributed by atoms with E-state index in [4.69, 9.17) is 9.47 Å². The molecule has 3 N–H and O–H groups in total. The minimum absolute atomic E-state index is 0.0231. The molecular weight excluding hydrogens is 540 g/mol. The van der Waals surface area contributed by atoms with Gasteiger partial charge in [0.25, 0.3) is 0 Å². The first-order valence-electron chi connectivity index (χ1n) is 18.5. The van der Waals surface area contributed by atoms with Crippen molar-refractivity contribution >= 4 is 5.78 Å². The summed E-state index contributed by atoms with van der Waals surface area (Å²) >= 11 is 0. The number of allylic oxidation sites excluding steroid dienone is 2. The average molecular weight is 607 g/mol. The van der Waals surface area contributed by atoms with E-state index in [1.54, 1.807) is 0 Å². The van der Waals surface area contributed by atoms with Crippen molar-refractivity contribution in [2.24, 2.45) is 0 Å². The molecular formula is C37H66O6.